The average molecular weight is 294 g/mol. The van der Waals surface area contributed by atoms with E-state index in [4.69, 9.17) is 14.2 Å². The molecule has 1 aromatic carbocycles. The van der Waals surface area contributed by atoms with Crippen LogP contribution in [-0.2, 0) is 4.74 Å². The van der Waals surface area contributed by atoms with Gasteiger partial charge in [-0.2, -0.15) is 0 Å². The molecule has 0 aliphatic carbocycles. The molecule has 1 aliphatic heterocycles. The number of benzene rings is 1. The second-order valence-corrected chi connectivity index (χ2v) is 6.65. The number of hydrogen-bond donors (Lipinski definition) is 0. The second-order valence-electron chi connectivity index (χ2n) is 6.65. The van der Waals surface area contributed by atoms with Gasteiger partial charge in [0.15, 0.2) is 17.6 Å². The zero-order chi connectivity index (χ0) is 15.1. The highest BCUT2D eigenvalue weighted by Gasteiger charge is 2.20. The van der Waals surface area contributed by atoms with E-state index in [0.29, 0.717) is 13.2 Å². The third kappa shape index (κ3) is 5.94. The first-order valence-electron chi connectivity index (χ1n) is 7.81. The minimum absolute atomic E-state index is 0.00569. The van der Waals surface area contributed by atoms with E-state index in [2.05, 4.69) is 21.1 Å². The Morgan fingerprint density at radius 3 is 2.62 bits per heavy atom. The zero-order valence-corrected chi connectivity index (χ0v) is 13.5. The summed E-state index contributed by atoms with van der Waals surface area (Å²) in [7, 11) is 6.69. The molecular weight excluding hydrogens is 266 g/mol. The van der Waals surface area contributed by atoms with Gasteiger partial charge in [0.25, 0.3) is 0 Å². The lowest BCUT2D eigenvalue weighted by atomic mass is 10.2. The van der Waals surface area contributed by atoms with Crippen LogP contribution in [0.1, 0.15) is 19.3 Å². The van der Waals surface area contributed by atoms with E-state index in [1.165, 1.54) is 19.4 Å². The number of nitrogens with zero attached hydrogens (tertiary/aromatic N) is 1. The summed E-state index contributed by atoms with van der Waals surface area (Å²) in [6.07, 6.45) is 3.60. The van der Waals surface area contributed by atoms with Crippen molar-refractivity contribution in [3.8, 4) is 11.5 Å². The van der Waals surface area contributed by atoms with Gasteiger partial charge in [0.05, 0.1) is 34.3 Å². The van der Waals surface area contributed by atoms with Gasteiger partial charge in [-0.1, -0.05) is 12.1 Å². The van der Waals surface area contributed by atoms with Gasteiger partial charge in [-0.05, 0) is 31.4 Å². The number of fused-ring (bicyclic) bond motifs is 1. The minimum Gasteiger partial charge on any atom is -0.486 e. The first-order chi connectivity index (χ1) is 10.0. The maximum Gasteiger partial charge on any atom is 0.161 e. The molecule has 1 atom stereocenters. The highest BCUT2D eigenvalue weighted by molar-refractivity contribution is 5.40. The van der Waals surface area contributed by atoms with E-state index < -0.39 is 0 Å². The van der Waals surface area contributed by atoms with Crippen LogP contribution in [0.4, 0.5) is 0 Å². The van der Waals surface area contributed by atoms with Crippen molar-refractivity contribution >= 4 is 0 Å². The molecule has 4 nitrogen and oxygen atoms in total. The Bertz CT molecular complexity index is 428. The molecule has 1 heterocycles. The third-order valence-corrected chi connectivity index (χ3v) is 3.49. The van der Waals surface area contributed by atoms with Crippen LogP contribution in [0.2, 0.25) is 0 Å². The van der Waals surface area contributed by atoms with Crippen LogP contribution < -0.4 is 9.47 Å². The molecule has 4 heteroatoms. The van der Waals surface area contributed by atoms with Gasteiger partial charge in [0.1, 0.15) is 6.61 Å². The molecule has 0 N–H and O–H groups in total. The first kappa shape index (κ1) is 16.1. The van der Waals surface area contributed by atoms with Crippen LogP contribution in [0.25, 0.3) is 0 Å². The Balaban J connectivity index is 1.54. The highest BCUT2D eigenvalue weighted by atomic mass is 16.6. The predicted molar refractivity (Wildman–Crippen MR) is 83.9 cm³/mol. The molecule has 1 unspecified atom stereocenters. The van der Waals surface area contributed by atoms with Crippen molar-refractivity contribution in [2.24, 2.45) is 0 Å². The van der Waals surface area contributed by atoms with Crippen molar-refractivity contribution in [3.63, 3.8) is 0 Å². The van der Waals surface area contributed by atoms with Gasteiger partial charge in [0.2, 0.25) is 0 Å². The summed E-state index contributed by atoms with van der Waals surface area (Å²) in [4.78, 5) is 0. The Morgan fingerprint density at radius 2 is 1.86 bits per heavy atom. The van der Waals surface area contributed by atoms with Crippen LogP contribution >= 0.6 is 0 Å². The quantitative estimate of drug-likeness (QED) is 0.545. The van der Waals surface area contributed by atoms with Crippen LogP contribution in [0.5, 0.6) is 11.5 Å². The van der Waals surface area contributed by atoms with E-state index >= 15 is 0 Å². The molecule has 0 saturated carbocycles. The van der Waals surface area contributed by atoms with Gasteiger partial charge in [0, 0.05) is 6.61 Å². The first-order valence-corrected chi connectivity index (χ1v) is 7.81. The van der Waals surface area contributed by atoms with Crippen molar-refractivity contribution in [2.45, 2.75) is 25.4 Å². The van der Waals surface area contributed by atoms with E-state index in [0.717, 1.165) is 29.0 Å². The average Bonchev–Trinajstić information content (AvgIpc) is 2.45. The number of hydrogen-bond acceptors (Lipinski definition) is 3. The van der Waals surface area contributed by atoms with Crippen molar-refractivity contribution in [1.82, 2.24) is 0 Å². The van der Waals surface area contributed by atoms with E-state index in [1.807, 2.05) is 24.3 Å². The predicted octanol–water partition coefficient (Wildman–Crippen LogP) is 2.72. The standard InChI is InChI=1S/C17H28NO3/c1-18(2,3)11-7-4-8-12-19-13-15-14-20-16-9-5-6-10-17(16)21-15/h5-6,9-10,15H,4,7-8,11-14H2,1-3H3/q+1. The molecule has 0 saturated heterocycles. The van der Waals surface area contributed by atoms with Gasteiger partial charge in [-0.25, -0.2) is 0 Å². The topological polar surface area (TPSA) is 27.7 Å². The number of unbranched alkanes of at least 4 members (excludes halogenated alkanes) is 2. The lowest BCUT2D eigenvalue weighted by molar-refractivity contribution is -0.870. The third-order valence-electron chi connectivity index (χ3n) is 3.49. The van der Waals surface area contributed by atoms with Crippen molar-refractivity contribution in [2.75, 3.05) is 47.5 Å². The molecule has 0 fully saturated rings. The molecule has 21 heavy (non-hydrogen) atoms. The van der Waals surface area contributed by atoms with E-state index in [1.54, 1.807) is 0 Å². The summed E-state index contributed by atoms with van der Waals surface area (Å²) in [5.74, 6) is 1.65. The summed E-state index contributed by atoms with van der Waals surface area (Å²) in [5.41, 5.74) is 0. The molecule has 118 valence electrons. The normalized spacial score (nSPS) is 17.8. The second kappa shape index (κ2) is 7.66. The summed E-state index contributed by atoms with van der Waals surface area (Å²) in [6.45, 7) is 3.19. The summed E-state index contributed by atoms with van der Waals surface area (Å²) < 4.78 is 18.3. The molecular formula is C17H28NO3+. The van der Waals surface area contributed by atoms with E-state index in [-0.39, 0.29) is 6.10 Å². The number of quaternary nitrogens is 1. The Kier molecular flexibility index (Phi) is 5.88. The molecule has 0 aromatic heterocycles. The molecule has 0 radical (unpaired) electrons. The highest BCUT2D eigenvalue weighted by Crippen LogP contribution is 2.30. The minimum atomic E-state index is 0.00569. The monoisotopic (exact) mass is 294 g/mol. The smallest absolute Gasteiger partial charge is 0.161 e. The lowest BCUT2D eigenvalue weighted by Crippen LogP contribution is -2.35. The van der Waals surface area contributed by atoms with Crippen LogP contribution in [0.3, 0.4) is 0 Å². The largest absolute Gasteiger partial charge is 0.486 e. The fourth-order valence-corrected chi connectivity index (χ4v) is 2.33. The molecule has 0 bridgehead atoms. The number of rotatable bonds is 8. The molecule has 0 amide bonds. The van der Waals surface area contributed by atoms with Gasteiger partial charge in [-0.3, -0.25) is 0 Å². The maximum absolute atomic E-state index is 5.85. The van der Waals surface area contributed by atoms with Crippen molar-refractivity contribution < 1.29 is 18.7 Å². The molecule has 0 spiro atoms. The van der Waals surface area contributed by atoms with Crippen LogP contribution in [0, 0.1) is 0 Å². The number of para-hydroxylation sites is 2. The van der Waals surface area contributed by atoms with Crippen LogP contribution in [0.15, 0.2) is 24.3 Å². The lowest BCUT2D eigenvalue weighted by Gasteiger charge is -2.26. The van der Waals surface area contributed by atoms with Gasteiger partial charge >= 0.3 is 0 Å². The van der Waals surface area contributed by atoms with E-state index in [9.17, 15) is 0 Å². The Labute approximate surface area is 128 Å². The van der Waals surface area contributed by atoms with Crippen molar-refractivity contribution in [3.05, 3.63) is 24.3 Å². The number of ether oxygens (including phenoxy) is 3. The molecule has 1 aromatic rings. The maximum atomic E-state index is 5.85. The Morgan fingerprint density at radius 1 is 1.10 bits per heavy atom. The SMILES string of the molecule is C[N+](C)(C)CCCCCOCC1COc2ccccc2O1. The van der Waals surface area contributed by atoms with Gasteiger partial charge in [-0.15, -0.1) is 0 Å². The fourth-order valence-electron chi connectivity index (χ4n) is 2.33. The molecule has 1 aliphatic rings. The Hall–Kier alpha value is -1.26. The van der Waals surface area contributed by atoms with Crippen molar-refractivity contribution in [1.29, 1.82) is 0 Å². The fraction of sp³-hybridized carbons (Fsp3) is 0.647. The summed E-state index contributed by atoms with van der Waals surface area (Å²) in [6, 6.07) is 7.78. The summed E-state index contributed by atoms with van der Waals surface area (Å²) >= 11 is 0. The van der Waals surface area contributed by atoms with Crippen LogP contribution in [-0.4, -0.2) is 58.1 Å². The van der Waals surface area contributed by atoms with Gasteiger partial charge < -0.3 is 18.7 Å². The zero-order valence-electron chi connectivity index (χ0n) is 13.5. The molecule has 2 rings (SSSR count). The summed E-state index contributed by atoms with van der Waals surface area (Å²) in [5, 5.41) is 0.